The zero-order chi connectivity index (χ0) is 22.1. The first-order chi connectivity index (χ1) is 15.1. The fraction of sp³-hybridized carbons (Fsp3) is 0.458. The first-order valence-corrected chi connectivity index (χ1v) is 11.0. The van der Waals surface area contributed by atoms with Crippen LogP contribution in [-0.2, 0) is 13.0 Å². The SMILES string of the molecule is C=NC1=C(/C=C\C)CCC[C@@H]1N(C/C=C\CNC(N)=O)CC1Cc2ncccc2CN1. The van der Waals surface area contributed by atoms with Crippen LogP contribution in [0.4, 0.5) is 4.79 Å². The van der Waals surface area contributed by atoms with Gasteiger partial charge in [0.25, 0.3) is 0 Å². The Labute approximate surface area is 185 Å². The quantitative estimate of drug-likeness (QED) is 0.421. The number of carbonyl (C=O) groups excluding carboxylic acids is 1. The van der Waals surface area contributed by atoms with E-state index in [-0.39, 0.29) is 6.04 Å². The summed E-state index contributed by atoms with van der Waals surface area (Å²) < 4.78 is 0. The largest absolute Gasteiger partial charge is 0.352 e. The first-order valence-electron chi connectivity index (χ1n) is 11.0. The number of aromatic nitrogens is 1. The fourth-order valence-electron chi connectivity index (χ4n) is 4.47. The minimum Gasteiger partial charge on any atom is -0.352 e. The Balaban J connectivity index is 1.77. The number of aliphatic imine (C=N–C) groups is 1. The highest BCUT2D eigenvalue weighted by atomic mass is 16.2. The molecule has 0 radical (unpaired) electrons. The molecule has 31 heavy (non-hydrogen) atoms. The summed E-state index contributed by atoms with van der Waals surface area (Å²) in [5.41, 5.74) is 9.98. The number of nitrogens with one attached hydrogen (secondary N) is 2. The second-order valence-corrected chi connectivity index (χ2v) is 8.04. The molecule has 2 heterocycles. The highest BCUT2D eigenvalue weighted by molar-refractivity contribution is 5.71. The molecule has 2 aliphatic rings. The van der Waals surface area contributed by atoms with Gasteiger partial charge in [-0.05, 0) is 50.1 Å². The van der Waals surface area contributed by atoms with Crippen molar-refractivity contribution in [2.45, 2.75) is 51.2 Å². The van der Waals surface area contributed by atoms with Crippen molar-refractivity contribution >= 4 is 12.7 Å². The Kier molecular flexibility index (Phi) is 8.55. The van der Waals surface area contributed by atoms with Gasteiger partial charge in [0.1, 0.15) is 0 Å². The lowest BCUT2D eigenvalue weighted by molar-refractivity contribution is 0.195. The van der Waals surface area contributed by atoms with Crippen molar-refractivity contribution < 1.29 is 4.79 Å². The summed E-state index contributed by atoms with van der Waals surface area (Å²) in [7, 11) is 0. The van der Waals surface area contributed by atoms with Crippen molar-refractivity contribution in [3.05, 3.63) is 65.2 Å². The molecule has 7 heteroatoms. The number of hydrogen-bond donors (Lipinski definition) is 3. The van der Waals surface area contributed by atoms with Crippen molar-refractivity contribution in [2.24, 2.45) is 10.7 Å². The number of fused-ring (bicyclic) bond motifs is 1. The molecule has 1 aliphatic heterocycles. The highest BCUT2D eigenvalue weighted by Gasteiger charge is 2.29. The maximum absolute atomic E-state index is 10.9. The number of pyridine rings is 1. The number of carbonyl (C=O) groups is 1. The maximum atomic E-state index is 10.9. The Bertz CT molecular complexity index is 859. The Morgan fingerprint density at radius 2 is 2.35 bits per heavy atom. The lowest BCUT2D eigenvalue weighted by Crippen LogP contribution is -2.49. The Morgan fingerprint density at radius 1 is 1.48 bits per heavy atom. The molecule has 4 N–H and O–H groups in total. The molecular weight excluding hydrogens is 388 g/mol. The van der Waals surface area contributed by atoms with E-state index in [4.69, 9.17) is 5.73 Å². The molecule has 7 nitrogen and oxygen atoms in total. The second kappa shape index (κ2) is 11.6. The summed E-state index contributed by atoms with van der Waals surface area (Å²) in [6.07, 6.45) is 14.3. The summed E-state index contributed by atoms with van der Waals surface area (Å²) in [6.45, 7) is 8.85. The van der Waals surface area contributed by atoms with Crippen LogP contribution in [0.3, 0.4) is 0 Å². The predicted octanol–water partition coefficient (Wildman–Crippen LogP) is 2.71. The Hall–Kier alpha value is -2.77. The second-order valence-electron chi connectivity index (χ2n) is 8.04. The number of rotatable bonds is 9. The monoisotopic (exact) mass is 422 g/mol. The van der Waals surface area contributed by atoms with Crippen molar-refractivity contribution in [1.82, 2.24) is 20.5 Å². The third-order valence-electron chi connectivity index (χ3n) is 5.91. The van der Waals surface area contributed by atoms with Crippen LogP contribution in [0.1, 0.15) is 37.4 Å². The molecule has 0 saturated heterocycles. The van der Waals surface area contributed by atoms with E-state index in [1.165, 1.54) is 16.8 Å². The molecule has 2 atom stereocenters. The van der Waals surface area contributed by atoms with Crippen LogP contribution in [0, 0.1) is 0 Å². The van der Waals surface area contributed by atoms with Gasteiger partial charge in [0.05, 0.1) is 11.7 Å². The van der Waals surface area contributed by atoms with Gasteiger partial charge in [0.15, 0.2) is 0 Å². The van der Waals surface area contributed by atoms with E-state index in [0.717, 1.165) is 51.0 Å². The van der Waals surface area contributed by atoms with Gasteiger partial charge in [-0.15, -0.1) is 0 Å². The average Bonchev–Trinajstić information content (AvgIpc) is 2.78. The maximum Gasteiger partial charge on any atom is 0.312 e. The topological polar surface area (TPSA) is 95.6 Å². The molecule has 0 spiro atoms. The molecule has 166 valence electrons. The van der Waals surface area contributed by atoms with Crippen LogP contribution in [0.5, 0.6) is 0 Å². The average molecular weight is 423 g/mol. The van der Waals surface area contributed by atoms with E-state index >= 15 is 0 Å². The van der Waals surface area contributed by atoms with Gasteiger partial charge in [-0.1, -0.05) is 30.4 Å². The number of urea groups is 1. The minimum atomic E-state index is -0.511. The Morgan fingerprint density at radius 3 is 3.13 bits per heavy atom. The molecule has 1 unspecified atom stereocenters. The van der Waals surface area contributed by atoms with Crippen molar-refractivity contribution in [2.75, 3.05) is 19.6 Å². The van der Waals surface area contributed by atoms with Crippen LogP contribution in [-0.4, -0.2) is 54.4 Å². The molecule has 0 aromatic carbocycles. The van der Waals surface area contributed by atoms with E-state index in [9.17, 15) is 4.79 Å². The smallest absolute Gasteiger partial charge is 0.312 e. The molecule has 1 aliphatic carbocycles. The van der Waals surface area contributed by atoms with E-state index in [2.05, 4.69) is 56.5 Å². The fourth-order valence-corrected chi connectivity index (χ4v) is 4.47. The molecule has 2 amide bonds. The van der Waals surface area contributed by atoms with E-state index in [1.54, 1.807) is 0 Å². The van der Waals surface area contributed by atoms with Gasteiger partial charge < -0.3 is 16.4 Å². The lowest BCUT2D eigenvalue weighted by Gasteiger charge is -2.38. The van der Waals surface area contributed by atoms with Crippen LogP contribution in [0.2, 0.25) is 0 Å². The number of hydrogen-bond acceptors (Lipinski definition) is 5. The minimum absolute atomic E-state index is 0.220. The number of allylic oxidation sites excluding steroid dienone is 3. The van der Waals surface area contributed by atoms with Gasteiger partial charge in [-0.3, -0.25) is 14.9 Å². The van der Waals surface area contributed by atoms with Crippen molar-refractivity contribution in [3.63, 3.8) is 0 Å². The number of nitrogens with zero attached hydrogens (tertiary/aromatic N) is 3. The summed E-state index contributed by atoms with van der Waals surface area (Å²) in [5.74, 6) is 0. The van der Waals surface area contributed by atoms with Gasteiger partial charge in [0.2, 0.25) is 0 Å². The zero-order valence-electron chi connectivity index (χ0n) is 18.4. The van der Waals surface area contributed by atoms with Crippen molar-refractivity contribution in [1.29, 1.82) is 0 Å². The van der Waals surface area contributed by atoms with Crippen LogP contribution >= 0.6 is 0 Å². The predicted molar refractivity (Wildman–Crippen MR) is 126 cm³/mol. The van der Waals surface area contributed by atoms with Gasteiger partial charge >= 0.3 is 6.03 Å². The third-order valence-corrected chi connectivity index (χ3v) is 5.91. The molecule has 1 aromatic heterocycles. The standard InChI is InChI=1S/C24H34N6O/c1-3-8-18-9-6-11-22(23(18)26-2)30(14-5-4-12-28-24(25)31)17-20-15-21-19(16-29-20)10-7-13-27-21/h3-5,7-8,10,13,20,22,29H,2,6,9,11-12,14-17H2,1H3,(H3,25,28,31)/b5-4-,8-3-/t20?,22-/m0/s1. The van der Waals surface area contributed by atoms with Crippen LogP contribution in [0.15, 0.2) is 58.9 Å². The number of nitrogens with two attached hydrogens (primary N) is 1. The summed E-state index contributed by atoms with van der Waals surface area (Å²) in [4.78, 5) is 22.4. The molecule has 3 rings (SSSR count). The highest BCUT2D eigenvalue weighted by Crippen LogP contribution is 2.31. The molecule has 1 aromatic rings. The van der Waals surface area contributed by atoms with Gasteiger partial charge in [-0.25, -0.2) is 4.79 Å². The van der Waals surface area contributed by atoms with Crippen LogP contribution < -0.4 is 16.4 Å². The third kappa shape index (κ3) is 6.35. The number of primary amides is 1. The molecule has 0 bridgehead atoms. The van der Waals surface area contributed by atoms with Crippen LogP contribution in [0.25, 0.3) is 0 Å². The zero-order valence-corrected chi connectivity index (χ0v) is 18.4. The summed E-state index contributed by atoms with van der Waals surface area (Å²) >= 11 is 0. The first kappa shape index (κ1) is 22.9. The van der Waals surface area contributed by atoms with Gasteiger partial charge in [0, 0.05) is 50.5 Å². The molecular formula is C24H34N6O. The summed E-state index contributed by atoms with van der Waals surface area (Å²) in [6, 6.07) is 4.17. The normalized spacial score (nSPS) is 21.6. The van der Waals surface area contributed by atoms with E-state index in [0.29, 0.717) is 12.6 Å². The number of amides is 2. The van der Waals surface area contributed by atoms with E-state index < -0.39 is 6.03 Å². The van der Waals surface area contributed by atoms with Gasteiger partial charge in [-0.2, -0.15) is 0 Å². The summed E-state index contributed by atoms with van der Waals surface area (Å²) in [5, 5.41) is 6.28. The van der Waals surface area contributed by atoms with E-state index in [1.807, 2.05) is 25.3 Å². The lowest BCUT2D eigenvalue weighted by atomic mass is 9.90. The molecule has 0 fully saturated rings. The molecule has 0 saturated carbocycles. The van der Waals surface area contributed by atoms with Crippen molar-refractivity contribution in [3.8, 4) is 0 Å².